The molecule has 7 nitrogen and oxygen atoms in total. The second-order valence-corrected chi connectivity index (χ2v) is 6.96. The highest BCUT2D eigenvalue weighted by Gasteiger charge is 2.34. The highest BCUT2D eigenvalue weighted by Crippen LogP contribution is 2.29. The van der Waals surface area contributed by atoms with Crippen LogP contribution in [0.1, 0.15) is 17.0 Å². The number of carbonyl (C=O) groups is 2. The number of anilines is 1. The molecule has 0 bridgehead atoms. The van der Waals surface area contributed by atoms with Gasteiger partial charge in [-0.2, -0.15) is 5.10 Å². The van der Waals surface area contributed by atoms with Crippen molar-refractivity contribution in [2.45, 2.75) is 12.3 Å². The Morgan fingerprint density at radius 1 is 1.35 bits per heavy atom. The molecular formula is C19H23N5O2. The zero-order valence-electron chi connectivity index (χ0n) is 14.8. The Balaban J connectivity index is 1.35. The first kappa shape index (κ1) is 16.8. The molecular weight excluding hydrogens is 330 g/mol. The number of aryl methyl sites for hydroxylation is 1. The maximum Gasteiger partial charge on any atom is 0.231 e. The third kappa shape index (κ3) is 3.10. The fraction of sp³-hybridized carbons (Fsp3) is 0.421. The van der Waals surface area contributed by atoms with E-state index in [1.807, 2.05) is 43.7 Å². The van der Waals surface area contributed by atoms with E-state index in [2.05, 4.69) is 15.7 Å². The summed E-state index contributed by atoms with van der Waals surface area (Å²) in [6, 6.07) is 7.82. The van der Waals surface area contributed by atoms with Crippen LogP contribution in [-0.4, -0.2) is 47.8 Å². The van der Waals surface area contributed by atoms with Crippen molar-refractivity contribution in [3.8, 4) is 0 Å². The highest BCUT2D eigenvalue weighted by atomic mass is 16.2. The molecule has 2 atom stereocenters. The molecule has 1 aromatic carbocycles. The first-order valence-electron chi connectivity index (χ1n) is 8.98. The van der Waals surface area contributed by atoms with E-state index in [-0.39, 0.29) is 23.7 Å². The van der Waals surface area contributed by atoms with Crippen molar-refractivity contribution in [2.75, 3.05) is 31.1 Å². The van der Waals surface area contributed by atoms with Crippen LogP contribution < -0.4 is 15.5 Å². The van der Waals surface area contributed by atoms with Gasteiger partial charge in [0.05, 0.1) is 18.5 Å². The lowest BCUT2D eigenvalue weighted by Gasteiger charge is -2.20. The number of hydrogen-bond acceptors (Lipinski definition) is 4. The van der Waals surface area contributed by atoms with Gasteiger partial charge in [0.25, 0.3) is 0 Å². The average Bonchev–Trinajstić information content (AvgIpc) is 3.33. The predicted molar refractivity (Wildman–Crippen MR) is 97.8 cm³/mol. The Kier molecular flexibility index (Phi) is 4.46. The van der Waals surface area contributed by atoms with Crippen LogP contribution >= 0.6 is 0 Å². The molecule has 1 fully saturated rings. The minimum Gasteiger partial charge on any atom is -0.354 e. The summed E-state index contributed by atoms with van der Waals surface area (Å²) in [5.74, 6) is 0.151. The summed E-state index contributed by atoms with van der Waals surface area (Å²) in [6.45, 7) is 2.40. The van der Waals surface area contributed by atoms with Crippen molar-refractivity contribution in [3.05, 3.63) is 47.8 Å². The van der Waals surface area contributed by atoms with E-state index < -0.39 is 0 Å². The molecule has 4 rings (SSSR count). The van der Waals surface area contributed by atoms with Gasteiger partial charge < -0.3 is 15.5 Å². The summed E-state index contributed by atoms with van der Waals surface area (Å²) in [5.41, 5.74) is 3.10. The highest BCUT2D eigenvalue weighted by molar-refractivity contribution is 6.01. The molecule has 1 aromatic heterocycles. The molecule has 1 saturated heterocycles. The fourth-order valence-corrected chi connectivity index (χ4v) is 3.92. The molecule has 2 N–H and O–H groups in total. The minimum atomic E-state index is -0.110. The molecule has 3 heterocycles. The normalized spacial score (nSPS) is 21.9. The van der Waals surface area contributed by atoms with Crippen LogP contribution in [0.5, 0.6) is 0 Å². The maximum atomic E-state index is 12.7. The van der Waals surface area contributed by atoms with Gasteiger partial charge in [-0.3, -0.25) is 14.3 Å². The largest absolute Gasteiger partial charge is 0.354 e. The van der Waals surface area contributed by atoms with E-state index in [1.54, 1.807) is 9.58 Å². The number of nitrogens with zero attached hydrogens (tertiary/aromatic N) is 3. The topological polar surface area (TPSA) is 79.3 Å². The zero-order valence-corrected chi connectivity index (χ0v) is 14.8. The molecule has 0 radical (unpaired) electrons. The van der Waals surface area contributed by atoms with Crippen LogP contribution in [0, 0.1) is 5.92 Å². The fourth-order valence-electron chi connectivity index (χ4n) is 3.92. The zero-order chi connectivity index (χ0) is 18.1. The van der Waals surface area contributed by atoms with Gasteiger partial charge >= 0.3 is 0 Å². The summed E-state index contributed by atoms with van der Waals surface area (Å²) >= 11 is 0. The number of rotatable bonds is 5. The smallest absolute Gasteiger partial charge is 0.231 e. The number of fused-ring (bicyclic) bond motifs is 1. The summed E-state index contributed by atoms with van der Waals surface area (Å²) in [7, 11) is 1.88. The Labute approximate surface area is 152 Å². The van der Waals surface area contributed by atoms with Crippen molar-refractivity contribution in [2.24, 2.45) is 13.0 Å². The van der Waals surface area contributed by atoms with E-state index in [1.165, 1.54) is 0 Å². The van der Waals surface area contributed by atoms with Crippen molar-refractivity contribution >= 4 is 17.5 Å². The molecule has 0 unspecified atom stereocenters. The van der Waals surface area contributed by atoms with Crippen molar-refractivity contribution in [1.29, 1.82) is 0 Å². The predicted octanol–water partition coefficient (Wildman–Crippen LogP) is 0.429. The molecule has 7 heteroatoms. The van der Waals surface area contributed by atoms with Gasteiger partial charge in [0.1, 0.15) is 0 Å². The van der Waals surface area contributed by atoms with Crippen LogP contribution in [0.25, 0.3) is 0 Å². The van der Waals surface area contributed by atoms with Gasteiger partial charge in [0.15, 0.2) is 0 Å². The quantitative estimate of drug-likeness (QED) is 0.817. The maximum absolute atomic E-state index is 12.7. The SMILES string of the molecule is Cn1cc([C@H]2CNC[C@@H]2C(=O)NCCN2C(=O)Cc3ccccc32)cn1. The number of carbonyl (C=O) groups excluding carboxylic acids is 2. The Morgan fingerprint density at radius 2 is 2.19 bits per heavy atom. The lowest BCUT2D eigenvalue weighted by molar-refractivity contribution is -0.125. The van der Waals surface area contributed by atoms with Gasteiger partial charge in [0, 0.05) is 51.0 Å². The van der Waals surface area contributed by atoms with Gasteiger partial charge in [-0.1, -0.05) is 18.2 Å². The van der Waals surface area contributed by atoms with Crippen LogP contribution in [0.15, 0.2) is 36.7 Å². The lowest BCUT2D eigenvalue weighted by Crippen LogP contribution is -2.40. The van der Waals surface area contributed by atoms with Gasteiger partial charge in [0.2, 0.25) is 11.8 Å². The number of nitrogens with one attached hydrogen (secondary N) is 2. The van der Waals surface area contributed by atoms with Crippen LogP contribution in [0.4, 0.5) is 5.69 Å². The van der Waals surface area contributed by atoms with Gasteiger partial charge in [-0.15, -0.1) is 0 Å². The van der Waals surface area contributed by atoms with Crippen molar-refractivity contribution in [1.82, 2.24) is 20.4 Å². The Hall–Kier alpha value is -2.67. The number of benzene rings is 1. The number of hydrogen-bond donors (Lipinski definition) is 2. The van der Waals surface area contributed by atoms with E-state index >= 15 is 0 Å². The standard InChI is InChI=1S/C19H23N5O2/c1-23-12-14(9-22-23)15-10-20-11-16(15)19(26)21-6-7-24-17-5-3-2-4-13(17)8-18(24)25/h2-5,9,12,15-16,20H,6-8,10-11H2,1H3,(H,21,26)/t15-,16+/m1/s1. The molecule has 0 saturated carbocycles. The molecule has 2 aliphatic rings. The van der Waals surface area contributed by atoms with E-state index in [0.717, 1.165) is 23.4 Å². The average molecular weight is 353 g/mol. The van der Waals surface area contributed by atoms with Crippen LogP contribution in [0.3, 0.4) is 0 Å². The van der Waals surface area contributed by atoms with Gasteiger partial charge in [-0.25, -0.2) is 0 Å². The Bertz CT molecular complexity index is 831. The van der Waals surface area contributed by atoms with Crippen molar-refractivity contribution < 1.29 is 9.59 Å². The molecule has 136 valence electrons. The van der Waals surface area contributed by atoms with E-state index in [9.17, 15) is 9.59 Å². The molecule has 26 heavy (non-hydrogen) atoms. The second kappa shape index (κ2) is 6.92. The summed E-state index contributed by atoms with van der Waals surface area (Å²) in [4.78, 5) is 26.6. The van der Waals surface area contributed by atoms with Gasteiger partial charge in [-0.05, 0) is 17.2 Å². The van der Waals surface area contributed by atoms with Crippen LogP contribution in [-0.2, 0) is 23.1 Å². The van der Waals surface area contributed by atoms with Crippen molar-refractivity contribution in [3.63, 3.8) is 0 Å². The third-order valence-electron chi connectivity index (χ3n) is 5.26. The third-order valence-corrected chi connectivity index (χ3v) is 5.26. The molecule has 0 spiro atoms. The number of para-hydroxylation sites is 1. The first-order chi connectivity index (χ1) is 12.6. The molecule has 2 amide bonds. The summed E-state index contributed by atoms with van der Waals surface area (Å²) in [6.07, 6.45) is 4.25. The molecule has 2 aliphatic heterocycles. The van der Waals surface area contributed by atoms with Crippen LogP contribution in [0.2, 0.25) is 0 Å². The summed E-state index contributed by atoms with van der Waals surface area (Å²) in [5, 5.41) is 10.5. The molecule has 2 aromatic rings. The number of aromatic nitrogens is 2. The molecule has 0 aliphatic carbocycles. The Morgan fingerprint density at radius 3 is 3.00 bits per heavy atom. The lowest BCUT2D eigenvalue weighted by atomic mass is 9.90. The van der Waals surface area contributed by atoms with E-state index in [0.29, 0.717) is 26.1 Å². The summed E-state index contributed by atoms with van der Waals surface area (Å²) < 4.78 is 1.76. The second-order valence-electron chi connectivity index (χ2n) is 6.96. The van der Waals surface area contributed by atoms with E-state index in [4.69, 9.17) is 0 Å². The first-order valence-corrected chi connectivity index (χ1v) is 8.98. The number of amides is 2. The minimum absolute atomic E-state index is 0.0313. The monoisotopic (exact) mass is 353 g/mol.